The largest absolute Gasteiger partial charge is 0.330 e. The fourth-order valence-corrected chi connectivity index (χ4v) is 2.23. The molecule has 16 heavy (non-hydrogen) atoms. The SMILES string of the molecule is CC(C)(C#N)CCN1CCC(CCN)CC1. The van der Waals surface area contributed by atoms with Crippen molar-refractivity contribution in [2.45, 2.75) is 39.5 Å². The van der Waals surface area contributed by atoms with Crippen molar-refractivity contribution in [3.05, 3.63) is 0 Å². The van der Waals surface area contributed by atoms with Crippen LogP contribution in [0.4, 0.5) is 0 Å². The molecule has 0 aromatic carbocycles. The smallest absolute Gasteiger partial charge is 0.0684 e. The summed E-state index contributed by atoms with van der Waals surface area (Å²) in [6, 6.07) is 2.37. The third kappa shape index (κ3) is 4.51. The molecule has 2 N–H and O–H groups in total. The number of nitrogens with zero attached hydrogens (tertiary/aromatic N) is 2. The van der Waals surface area contributed by atoms with Crippen LogP contribution < -0.4 is 5.73 Å². The summed E-state index contributed by atoms with van der Waals surface area (Å²) < 4.78 is 0. The van der Waals surface area contributed by atoms with Crippen LogP contribution in [0.5, 0.6) is 0 Å². The Hall–Kier alpha value is -0.590. The summed E-state index contributed by atoms with van der Waals surface area (Å²) in [6.07, 6.45) is 4.72. The van der Waals surface area contributed by atoms with Crippen LogP contribution in [0.3, 0.4) is 0 Å². The quantitative estimate of drug-likeness (QED) is 0.775. The van der Waals surface area contributed by atoms with Gasteiger partial charge in [0.25, 0.3) is 0 Å². The van der Waals surface area contributed by atoms with E-state index in [4.69, 9.17) is 11.0 Å². The molecule has 0 bridgehead atoms. The predicted octanol–water partition coefficient (Wildman–Crippen LogP) is 1.99. The molecule has 0 aromatic rings. The van der Waals surface area contributed by atoms with Crippen molar-refractivity contribution in [2.24, 2.45) is 17.1 Å². The molecule has 1 fully saturated rings. The van der Waals surface area contributed by atoms with Gasteiger partial charge in [0.15, 0.2) is 0 Å². The molecular weight excluding hydrogens is 198 g/mol. The van der Waals surface area contributed by atoms with Gasteiger partial charge >= 0.3 is 0 Å². The molecule has 1 aliphatic heterocycles. The average molecular weight is 223 g/mol. The zero-order valence-corrected chi connectivity index (χ0v) is 10.7. The van der Waals surface area contributed by atoms with Crippen molar-refractivity contribution in [1.82, 2.24) is 4.90 Å². The maximum Gasteiger partial charge on any atom is 0.0684 e. The lowest BCUT2D eigenvalue weighted by molar-refractivity contribution is 0.166. The number of piperidine rings is 1. The van der Waals surface area contributed by atoms with Crippen LogP contribution in [0.15, 0.2) is 0 Å². The molecule has 0 spiro atoms. The fourth-order valence-electron chi connectivity index (χ4n) is 2.23. The van der Waals surface area contributed by atoms with E-state index < -0.39 is 0 Å². The second-order valence-electron chi connectivity index (χ2n) is 5.61. The van der Waals surface area contributed by atoms with E-state index in [9.17, 15) is 0 Å². The topological polar surface area (TPSA) is 53.0 Å². The Bertz CT molecular complexity index is 234. The van der Waals surface area contributed by atoms with Crippen LogP contribution >= 0.6 is 0 Å². The van der Waals surface area contributed by atoms with Gasteiger partial charge in [0.2, 0.25) is 0 Å². The molecular formula is C13H25N3. The average Bonchev–Trinajstić information content (AvgIpc) is 2.29. The van der Waals surface area contributed by atoms with Crippen molar-refractivity contribution >= 4 is 0 Å². The highest BCUT2D eigenvalue weighted by atomic mass is 15.1. The van der Waals surface area contributed by atoms with Crippen molar-refractivity contribution in [2.75, 3.05) is 26.2 Å². The summed E-state index contributed by atoms with van der Waals surface area (Å²) in [5.74, 6) is 0.838. The maximum atomic E-state index is 8.95. The molecule has 0 atom stereocenters. The van der Waals surface area contributed by atoms with E-state index in [1.165, 1.54) is 32.4 Å². The normalized spacial score (nSPS) is 19.6. The Morgan fingerprint density at radius 3 is 2.50 bits per heavy atom. The van der Waals surface area contributed by atoms with Gasteiger partial charge in [0, 0.05) is 0 Å². The molecule has 3 nitrogen and oxygen atoms in total. The molecule has 3 heteroatoms. The third-order valence-corrected chi connectivity index (χ3v) is 3.64. The molecule has 1 heterocycles. The Kier molecular flexibility index (Phi) is 5.24. The molecule has 1 aliphatic rings. The molecule has 1 saturated heterocycles. The zero-order valence-electron chi connectivity index (χ0n) is 10.7. The van der Waals surface area contributed by atoms with E-state index in [0.717, 1.165) is 25.4 Å². The zero-order chi connectivity index (χ0) is 12.0. The van der Waals surface area contributed by atoms with Crippen LogP contribution in [-0.4, -0.2) is 31.1 Å². The van der Waals surface area contributed by atoms with Gasteiger partial charge in [-0.25, -0.2) is 0 Å². The minimum atomic E-state index is -0.173. The minimum Gasteiger partial charge on any atom is -0.330 e. The van der Waals surface area contributed by atoms with E-state index in [0.29, 0.717) is 0 Å². The first-order chi connectivity index (χ1) is 7.57. The molecule has 0 unspecified atom stereocenters. The molecule has 0 amide bonds. The standard InChI is InChI=1S/C13H25N3/c1-13(2,11-15)6-10-16-8-4-12(3-7-14)5-9-16/h12H,3-10,14H2,1-2H3. The molecule has 0 aromatic heterocycles. The molecule has 92 valence electrons. The van der Waals surface area contributed by atoms with E-state index in [1.54, 1.807) is 0 Å². The highest BCUT2D eigenvalue weighted by Crippen LogP contribution is 2.23. The lowest BCUT2D eigenvalue weighted by Crippen LogP contribution is -2.36. The summed E-state index contributed by atoms with van der Waals surface area (Å²) in [5, 5.41) is 8.95. The van der Waals surface area contributed by atoms with Gasteiger partial charge in [0.05, 0.1) is 11.5 Å². The Labute approximate surface area is 99.6 Å². The van der Waals surface area contributed by atoms with E-state index in [2.05, 4.69) is 11.0 Å². The number of hydrogen-bond acceptors (Lipinski definition) is 3. The summed E-state index contributed by atoms with van der Waals surface area (Å²) in [4.78, 5) is 2.49. The Morgan fingerprint density at radius 2 is 2.00 bits per heavy atom. The minimum absolute atomic E-state index is 0.173. The Morgan fingerprint density at radius 1 is 1.38 bits per heavy atom. The number of likely N-dealkylation sites (tertiary alicyclic amines) is 1. The van der Waals surface area contributed by atoms with Gasteiger partial charge in [0.1, 0.15) is 0 Å². The highest BCUT2D eigenvalue weighted by molar-refractivity contribution is 4.92. The van der Waals surface area contributed by atoms with Crippen LogP contribution in [0.2, 0.25) is 0 Å². The fraction of sp³-hybridized carbons (Fsp3) is 0.923. The van der Waals surface area contributed by atoms with Gasteiger partial charge in [-0.15, -0.1) is 0 Å². The molecule has 0 saturated carbocycles. The number of hydrogen-bond donors (Lipinski definition) is 1. The first-order valence-corrected chi connectivity index (χ1v) is 6.41. The third-order valence-electron chi connectivity index (χ3n) is 3.64. The van der Waals surface area contributed by atoms with Crippen molar-refractivity contribution in [3.8, 4) is 6.07 Å². The second kappa shape index (κ2) is 6.22. The van der Waals surface area contributed by atoms with Crippen LogP contribution in [0, 0.1) is 22.7 Å². The van der Waals surface area contributed by atoms with Crippen LogP contribution in [0.25, 0.3) is 0 Å². The lowest BCUT2D eigenvalue weighted by atomic mass is 9.89. The second-order valence-corrected chi connectivity index (χ2v) is 5.61. The van der Waals surface area contributed by atoms with E-state index >= 15 is 0 Å². The first kappa shape index (κ1) is 13.5. The predicted molar refractivity (Wildman–Crippen MR) is 66.8 cm³/mol. The number of rotatable bonds is 5. The summed E-state index contributed by atoms with van der Waals surface area (Å²) >= 11 is 0. The van der Waals surface area contributed by atoms with E-state index in [-0.39, 0.29) is 5.41 Å². The van der Waals surface area contributed by atoms with Crippen molar-refractivity contribution in [1.29, 1.82) is 5.26 Å². The van der Waals surface area contributed by atoms with Crippen LogP contribution in [0.1, 0.15) is 39.5 Å². The lowest BCUT2D eigenvalue weighted by Gasteiger charge is -2.33. The van der Waals surface area contributed by atoms with Crippen molar-refractivity contribution < 1.29 is 0 Å². The van der Waals surface area contributed by atoms with Gasteiger partial charge in [-0.05, 0) is 71.6 Å². The van der Waals surface area contributed by atoms with Crippen LogP contribution in [-0.2, 0) is 0 Å². The number of nitrogens with two attached hydrogens (primary N) is 1. The van der Waals surface area contributed by atoms with Gasteiger partial charge in [-0.3, -0.25) is 0 Å². The Balaban J connectivity index is 2.20. The van der Waals surface area contributed by atoms with Gasteiger partial charge in [-0.2, -0.15) is 5.26 Å². The first-order valence-electron chi connectivity index (χ1n) is 6.41. The van der Waals surface area contributed by atoms with E-state index in [1.807, 2.05) is 13.8 Å². The maximum absolute atomic E-state index is 8.95. The highest BCUT2D eigenvalue weighted by Gasteiger charge is 2.22. The van der Waals surface area contributed by atoms with Gasteiger partial charge in [-0.1, -0.05) is 0 Å². The summed E-state index contributed by atoms with van der Waals surface area (Å²) in [5.41, 5.74) is 5.41. The molecule has 0 radical (unpaired) electrons. The summed E-state index contributed by atoms with van der Waals surface area (Å²) in [7, 11) is 0. The summed E-state index contributed by atoms with van der Waals surface area (Å²) in [6.45, 7) is 8.31. The van der Waals surface area contributed by atoms with Crippen molar-refractivity contribution in [3.63, 3.8) is 0 Å². The number of nitriles is 1. The van der Waals surface area contributed by atoms with Gasteiger partial charge < -0.3 is 10.6 Å². The monoisotopic (exact) mass is 223 g/mol. The molecule has 0 aliphatic carbocycles. The molecule has 1 rings (SSSR count).